The zero-order valence-corrected chi connectivity index (χ0v) is 13.6. The van der Waals surface area contributed by atoms with Crippen LogP contribution in [0.5, 0.6) is 0 Å². The van der Waals surface area contributed by atoms with E-state index in [0.29, 0.717) is 18.4 Å². The van der Waals surface area contributed by atoms with Crippen LogP contribution in [0.15, 0.2) is 0 Å². The molecule has 1 atom stereocenters. The van der Waals surface area contributed by atoms with E-state index in [2.05, 4.69) is 31.4 Å². The Hall–Kier alpha value is -0.770. The largest absolute Gasteiger partial charge is 0.393 e. The molecule has 0 saturated heterocycles. The molecule has 1 aliphatic carbocycles. The molecule has 1 saturated carbocycles. The van der Waals surface area contributed by atoms with Crippen molar-refractivity contribution >= 4 is 6.03 Å². The monoisotopic (exact) mass is 284 g/mol. The Labute approximate surface area is 123 Å². The van der Waals surface area contributed by atoms with E-state index >= 15 is 0 Å². The predicted octanol–water partition coefficient (Wildman–Crippen LogP) is 3.05. The van der Waals surface area contributed by atoms with Crippen LogP contribution in [0.1, 0.15) is 66.2 Å². The summed E-state index contributed by atoms with van der Waals surface area (Å²) in [5.41, 5.74) is 0.282. The number of rotatable bonds is 8. The van der Waals surface area contributed by atoms with E-state index in [4.69, 9.17) is 0 Å². The van der Waals surface area contributed by atoms with Gasteiger partial charge in [-0.25, -0.2) is 4.79 Å². The first kappa shape index (κ1) is 17.3. The fourth-order valence-corrected chi connectivity index (χ4v) is 3.24. The first-order valence-corrected chi connectivity index (χ1v) is 7.98. The van der Waals surface area contributed by atoms with E-state index in [-0.39, 0.29) is 17.6 Å². The van der Waals surface area contributed by atoms with Crippen molar-refractivity contribution in [1.82, 2.24) is 10.6 Å². The molecule has 0 aromatic rings. The Balaban J connectivity index is 2.26. The Morgan fingerprint density at radius 1 is 1.35 bits per heavy atom. The first-order valence-electron chi connectivity index (χ1n) is 7.98. The quantitative estimate of drug-likeness (QED) is 0.641. The van der Waals surface area contributed by atoms with Gasteiger partial charge in [0.1, 0.15) is 0 Å². The van der Waals surface area contributed by atoms with Crippen LogP contribution in [0.2, 0.25) is 0 Å². The molecule has 1 aliphatic rings. The number of carbonyl (C=O) groups is 1. The second-order valence-electron chi connectivity index (χ2n) is 7.36. The summed E-state index contributed by atoms with van der Waals surface area (Å²) in [5, 5.41) is 15.4. The van der Waals surface area contributed by atoms with Crippen LogP contribution in [0.25, 0.3) is 0 Å². The molecule has 1 unspecified atom stereocenters. The van der Waals surface area contributed by atoms with Crippen LogP contribution in [0.3, 0.4) is 0 Å². The lowest BCUT2D eigenvalue weighted by molar-refractivity contribution is 0.115. The minimum Gasteiger partial charge on any atom is -0.393 e. The van der Waals surface area contributed by atoms with Gasteiger partial charge in [0.05, 0.1) is 6.10 Å². The minimum atomic E-state index is -0.335. The number of nitrogens with one attached hydrogen (secondary N) is 2. The number of amides is 2. The molecule has 4 nitrogen and oxygen atoms in total. The molecule has 0 aromatic heterocycles. The van der Waals surface area contributed by atoms with Gasteiger partial charge < -0.3 is 15.7 Å². The van der Waals surface area contributed by atoms with Gasteiger partial charge in [-0.2, -0.15) is 0 Å². The summed E-state index contributed by atoms with van der Waals surface area (Å²) in [6, 6.07) is -0.0777. The van der Waals surface area contributed by atoms with E-state index in [1.807, 2.05) is 0 Å². The zero-order valence-electron chi connectivity index (χ0n) is 13.6. The minimum absolute atomic E-state index is 0.0777. The zero-order chi connectivity index (χ0) is 15.2. The Kier molecular flexibility index (Phi) is 6.31. The van der Waals surface area contributed by atoms with Crippen molar-refractivity contribution in [2.45, 2.75) is 72.3 Å². The highest BCUT2D eigenvalue weighted by Gasteiger charge is 2.36. The van der Waals surface area contributed by atoms with Gasteiger partial charge in [-0.05, 0) is 43.4 Å². The van der Waals surface area contributed by atoms with Crippen molar-refractivity contribution in [2.24, 2.45) is 10.8 Å². The summed E-state index contributed by atoms with van der Waals surface area (Å²) in [7, 11) is 0. The van der Waals surface area contributed by atoms with Crippen molar-refractivity contribution in [3.63, 3.8) is 0 Å². The summed E-state index contributed by atoms with van der Waals surface area (Å²) in [6.45, 7) is 9.49. The summed E-state index contributed by atoms with van der Waals surface area (Å²) >= 11 is 0. The van der Waals surface area contributed by atoms with Crippen molar-refractivity contribution < 1.29 is 9.90 Å². The highest BCUT2D eigenvalue weighted by atomic mass is 16.3. The number of urea groups is 1. The highest BCUT2D eigenvalue weighted by molar-refractivity contribution is 5.73. The summed E-state index contributed by atoms with van der Waals surface area (Å²) < 4.78 is 0. The molecule has 0 spiro atoms. The third-order valence-electron chi connectivity index (χ3n) is 4.39. The van der Waals surface area contributed by atoms with Crippen LogP contribution < -0.4 is 10.6 Å². The average molecular weight is 284 g/mol. The van der Waals surface area contributed by atoms with Gasteiger partial charge >= 0.3 is 6.03 Å². The smallest absolute Gasteiger partial charge is 0.314 e. The lowest BCUT2D eigenvalue weighted by atomic mass is 9.66. The normalized spacial score (nSPS) is 19.1. The van der Waals surface area contributed by atoms with E-state index in [1.165, 1.54) is 32.1 Å². The topological polar surface area (TPSA) is 61.4 Å². The van der Waals surface area contributed by atoms with E-state index < -0.39 is 0 Å². The second-order valence-corrected chi connectivity index (χ2v) is 7.36. The van der Waals surface area contributed by atoms with Crippen molar-refractivity contribution in [3.05, 3.63) is 0 Å². The third-order valence-corrected chi connectivity index (χ3v) is 4.39. The van der Waals surface area contributed by atoms with Gasteiger partial charge in [0.2, 0.25) is 0 Å². The number of aliphatic hydroxyl groups excluding tert-OH is 1. The van der Waals surface area contributed by atoms with Gasteiger partial charge in [0.15, 0.2) is 0 Å². The fourth-order valence-electron chi connectivity index (χ4n) is 3.24. The van der Waals surface area contributed by atoms with Crippen LogP contribution >= 0.6 is 0 Å². The second kappa shape index (κ2) is 7.30. The maximum Gasteiger partial charge on any atom is 0.314 e. The molecule has 3 N–H and O–H groups in total. The molecule has 20 heavy (non-hydrogen) atoms. The van der Waals surface area contributed by atoms with E-state index in [9.17, 15) is 9.90 Å². The molecule has 0 aromatic carbocycles. The highest BCUT2D eigenvalue weighted by Crippen LogP contribution is 2.44. The van der Waals surface area contributed by atoms with Crippen molar-refractivity contribution in [1.29, 1.82) is 0 Å². The SMILES string of the molecule is CCCC1(CNC(=O)NCC(C)(C)CC(C)O)CCC1. The fraction of sp³-hybridized carbons (Fsp3) is 0.938. The molecule has 2 amide bonds. The van der Waals surface area contributed by atoms with Crippen LogP contribution in [-0.2, 0) is 0 Å². The lowest BCUT2D eigenvalue weighted by Gasteiger charge is -2.42. The third kappa shape index (κ3) is 5.70. The Morgan fingerprint density at radius 3 is 2.45 bits per heavy atom. The van der Waals surface area contributed by atoms with E-state index in [0.717, 1.165) is 6.54 Å². The van der Waals surface area contributed by atoms with Crippen LogP contribution in [0.4, 0.5) is 4.79 Å². The summed E-state index contributed by atoms with van der Waals surface area (Å²) in [5.74, 6) is 0. The van der Waals surface area contributed by atoms with Crippen LogP contribution in [0, 0.1) is 10.8 Å². The standard InChI is InChI=1S/C16H32N2O2/c1-5-7-16(8-6-9-16)12-18-14(20)17-11-15(3,4)10-13(2)19/h13,19H,5-12H2,1-4H3,(H2,17,18,20). The molecular formula is C16H32N2O2. The van der Waals surface area contributed by atoms with Gasteiger partial charge in [-0.15, -0.1) is 0 Å². The van der Waals surface area contributed by atoms with Crippen LogP contribution in [-0.4, -0.2) is 30.3 Å². The molecule has 4 heteroatoms. The van der Waals surface area contributed by atoms with Gasteiger partial charge in [-0.1, -0.05) is 33.6 Å². The molecule has 1 fully saturated rings. The number of hydrogen-bond donors (Lipinski definition) is 3. The number of hydrogen-bond acceptors (Lipinski definition) is 2. The average Bonchev–Trinajstić information content (AvgIpc) is 2.28. The van der Waals surface area contributed by atoms with Gasteiger partial charge in [0.25, 0.3) is 0 Å². The molecule has 118 valence electrons. The maximum atomic E-state index is 11.9. The van der Waals surface area contributed by atoms with Crippen molar-refractivity contribution in [3.8, 4) is 0 Å². The molecular weight excluding hydrogens is 252 g/mol. The predicted molar refractivity (Wildman–Crippen MR) is 82.7 cm³/mol. The molecule has 0 heterocycles. The number of aliphatic hydroxyl groups is 1. The Bertz CT molecular complexity index is 310. The molecule has 0 bridgehead atoms. The molecule has 0 radical (unpaired) electrons. The van der Waals surface area contributed by atoms with Gasteiger partial charge in [-0.3, -0.25) is 0 Å². The number of carbonyl (C=O) groups excluding carboxylic acids is 1. The molecule has 1 rings (SSSR count). The maximum absolute atomic E-state index is 11.9. The Morgan fingerprint density at radius 2 is 2.00 bits per heavy atom. The van der Waals surface area contributed by atoms with Crippen molar-refractivity contribution in [2.75, 3.05) is 13.1 Å². The van der Waals surface area contributed by atoms with E-state index in [1.54, 1.807) is 6.92 Å². The summed E-state index contributed by atoms with van der Waals surface area (Å²) in [4.78, 5) is 11.9. The first-order chi connectivity index (χ1) is 9.29. The lowest BCUT2D eigenvalue weighted by Crippen LogP contribution is -2.47. The molecule has 0 aliphatic heterocycles. The summed E-state index contributed by atoms with van der Waals surface area (Å²) in [6.07, 6.45) is 6.53. The van der Waals surface area contributed by atoms with Gasteiger partial charge in [0, 0.05) is 13.1 Å².